The maximum atomic E-state index is 11.5. The summed E-state index contributed by atoms with van der Waals surface area (Å²) in [5, 5.41) is 9.60. The van der Waals surface area contributed by atoms with Crippen LogP contribution < -0.4 is 0 Å². The van der Waals surface area contributed by atoms with Crippen molar-refractivity contribution in [2.75, 3.05) is 0 Å². The van der Waals surface area contributed by atoms with Gasteiger partial charge in [-0.25, -0.2) is 0 Å². The normalized spacial score (nSPS) is 11.2. The summed E-state index contributed by atoms with van der Waals surface area (Å²) < 4.78 is 0. The molecule has 10 aromatic rings. The maximum absolute atomic E-state index is 11.5. The van der Waals surface area contributed by atoms with Crippen LogP contribution >= 0.6 is 0 Å². The third kappa shape index (κ3) is 31.8. The quantitative estimate of drug-likeness (QED) is 0.0153. The number of pyridine rings is 2. The number of benzene rings is 8. The first-order valence-electron chi connectivity index (χ1n) is 38.3. The van der Waals surface area contributed by atoms with Gasteiger partial charge in [0.05, 0.1) is 17.9 Å². The van der Waals surface area contributed by atoms with E-state index in [4.69, 9.17) is 0 Å². The molecule has 0 saturated heterocycles. The first kappa shape index (κ1) is 95.3. The Morgan fingerprint density at radius 1 is 0.413 bits per heavy atom. The molecule has 0 spiro atoms. The molecule has 0 saturated carbocycles. The van der Waals surface area contributed by atoms with Crippen LogP contribution in [0.5, 0.6) is 0 Å². The second-order valence-corrected chi connectivity index (χ2v) is 32.0. The average Bonchev–Trinajstić information content (AvgIpc) is 0.811. The van der Waals surface area contributed by atoms with E-state index in [2.05, 4.69) is 238 Å². The summed E-state index contributed by atoms with van der Waals surface area (Å²) in [6.45, 7) is 31.3. The number of hydrogen-bond donors (Lipinski definition) is 1. The number of nitrogens with zero attached hydrogens (tertiary/aromatic N) is 2. The fourth-order valence-electron chi connectivity index (χ4n) is 11.8. The first-order valence-corrected chi connectivity index (χ1v) is 38.9. The van der Waals surface area contributed by atoms with E-state index >= 15 is 0 Å². The Hall–Kier alpha value is -7.93. The maximum Gasteiger partial charge on any atom is 0.325 e. The summed E-state index contributed by atoms with van der Waals surface area (Å²) in [7, 11) is 0. The molecule has 2 radical (unpaired) electrons. The largest absolute Gasteiger partial charge is 0.511 e. The van der Waals surface area contributed by atoms with Crippen LogP contribution in [-0.2, 0) is 62.6 Å². The number of aliphatic hydroxyl groups is 1. The van der Waals surface area contributed by atoms with Gasteiger partial charge < -0.3 is 15.1 Å². The van der Waals surface area contributed by atoms with Crippen molar-refractivity contribution in [2.24, 2.45) is 21.7 Å². The van der Waals surface area contributed by atoms with Gasteiger partial charge in [-0.2, -0.15) is 0 Å². The van der Waals surface area contributed by atoms with E-state index in [0.29, 0.717) is 0 Å². The molecule has 2 aromatic heterocycles. The number of rotatable bonds is 25. The van der Waals surface area contributed by atoms with Crippen molar-refractivity contribution < 1.29 is 71.3 Å². The van der Waals surface area contributed by atoms with Crippen molar-refractivity contribution in [2.45, 2.75) is 207 Å². The molecular formula is C100H123ClIr2N2O4. The van der Waals surface area contributed by atoms with Gasteiger partial charge in [0.15, 0.2) is 0 Å². The van der Waals surface area contributed by atoms with Crippen LogP contribution in [0.4, 0.5) is 0 Å². The Bertz CT molecular complexity index is 4090. The van der Waals surface area contributed by atoms with E-state index in [0.717, 1.165) is 22.5 Å². The molecule has 0 aliphatic heterocycles. The Kier molecular flexibility index (Phi) is 41.4. The topological polar surface area (TPSA) is 102 Å². The molecule has 10 rings (SSSR count). The van der Waals surface area contributed by atoms with Gasteiger partial charge in [0, 0.05) is 76.3 Å². The number of unbranched alkanes of at least 4 members (excludes halogenated alkanes) is 10. The van der Waals surface area contributed by atoms with Crippen LogP contribution in [0, 0.1) is 73.1 Å². The van der Waals surface area contributed by atoms with E-state index in [1.165, 1.54) is 185 Å². The zero-order valence-electron chi connectivity index (χ0n) is 68.4. The van der Waals surface area contributed by atoms with Crippen LogP contribution in [0.3, 0.4) is 0 Å². The molecule has 2 heterocycles. The van der Waals surface area contributed by atoms with Crippen LogP contribution in [0.25, 0.3) is 89.3 Å². The third-order valence-corrected chi connectivity index (χ3v) is 19.0. The van der Waals surface area contributed by atoms with Crippen molar-refractivity contribution >= 4 is 17.3 Å². The number of allylic oxidation sites excluding steroid dienone is 2. The van der Waals surface area contributed by atoms with Crippen LogP contribution in [-0.4, -0.2) is 37.2 Å². The van der Waals surface area contributed by atoms with Gasteiger partial charge in [0.2, 0.25) is 0 Å². The molecule has 6 nitrogen and oxygen atoms in total. The van der Waals surface area contributed by atoms with E-state index in [9.17, 15) is 19.5 Å². The molecule has 0 atom stereocenters. The Morgan fingerprint density at radius 2 is 0.725 bits per heavy atom. The number of aliphatic hydroxyl groups excluding tert-OH is 1. The van der Waals surface area contributed by atoms with Crippen molar-refractivity contribution in [1.82, 2.24) is 9.97 Å². The van der Waals surface area contributed by atoms with Gasteiger partial charge in [-0.05, 0) is 173 Å². The minimum atomic E-state index is -0.402. The number of aromatic nitrogens is 2. The molecule has 582 valence electrons. The van der Waals surface area contributed by atoms with Gasteiger partial charge in [0.1, 0.15) is 17.3 Å². The van der Waals surface area contributed by atoms with Gasteiger partial charge in [-0.15, -0.1) is 71.8 Å². The molecule has 2 N–H and O–H groups in total. The molecule has 0 aliphatic carbocycles. The summed E-state index contributed by atoms with van der Waals surface area (Å²) in [6, 6.07) is 80.8. The Labute approximate surface area is 690 Å². The number of halogens is 1. The predicted molar refractivity (Wildman–Crippen MR) is 457 cm³/mol. The average molecular weight is 1840 g/mol. The molecule has 8 aromatic carbocycles. The summed E-state index contributed by atoms with van der Waals surface area (Å²) in [5.74, 6) is 0.458. The van der Waals surface area contributed by atoms with Crippen LogP contribution in [0.15, 0.2) is 230 Å². The van der Waals surface area contributed by atoms with E-state index in [1.807, 2.05) is 132 Å². The molecule has 0 fully saturated rings. The van der Waals surface area contributed by atoms with E-state index < -0.39 is 10.8 Å². The summed E-state index contributed by atoms with van der Waals surface area (Å²) in [5.41, 5.74) is 22.8. The number of Topliss-reactive ketones (excluding diaryl/α,β-unsaturated/α-hetero) is 2. The smallest absolute Gasteiger partial charge is 0.325 e. The van der Waals surface area contributed by atoms with Gasteiger partial charge in [-0.3, -0.25) is 14.4 Å². The standard InChI is InChI=1S/2C38H38N.2C11H20O2.CH3Cl.CH3.2Ir/c2*1-3-4-5-6-7-9-12-30-15-17-31(18-16-30)32-19-21-33(22-20-32)35-23-24-37(29(2)27-35)36-25-26-39-38(28-36)34-13-10-8-11-14-34;2*1-10(2,3)8(12)7-9(13)11(4,5)6;1-2;;;/h2*8,10-11,13,15-28H,3-7,9,12H2,1-2H3;7H2,1-6H3;7,12H,1-6H3;2H,1H2;1H3;;/q2*-1;;;;+1;;/p+1. The molecule has 109 heavy (non-hydrogen) atoms. The second-order valence-electron chi connectivity index (χ2n) is 32.0. The summed E-state index contributed by atoms with van der Waals surface area (Å²) >= 11 is 3.83. The molecule has 0 bridgehead atoms. The minimum Gasteiger partial charge on any atom is -0.511 e. The van der Waals surface area contributed by atoms with Crippen molar-refractivity contribution in [1.29, 1.82) is 0 Å². The van der Waals surface area contributed by atoms with Crippen molar-refractivity contribution in [3.8, 4) is 89.3 Å². The predicted octanol–water partition coefficient (Wildman–Crippen LogP) is 27.7. The van der Waals surface area contributed by atoms with E-state index in [-0.39, 0.29) is 88.0 Å². The summed E-state index contributed by atoms with van der Waals surface area (Å²) in [6.07, 6.45) is 26.7. The van der Waals surface area contributed by atoms with Gasteiger partial charge >= 0.3 is 5.78 Å². The number of ketones is 3. The molecule has 9 heteroatoms. The SMILES string of the molecule is CC(C)(C)C(=O)CC(=O)C(C)(C)C.CC(C)(C)C(=[OH+])C=C(O)C(C)(C)C.CCCCCCCCc1ccc(-c2ccc(-c3ccc(-c4ccnc(-c5[c-]cccc5)c4)c(C)c3)cc2)cc1.CCCCCCCCc1ccc(-c2ccc(-c3ccc(-c4ccnc(-c5[c-]cccc5)c4)c(C)c3)cc2)cc1.[CH2-][ClH+].[CH3+].[Ir].[Ir]. The molecule has 0 amide bonds. The second kappa shape index (κ2) is 47.3. The number of carbonyl (C=O) groups excluding carboxylic acids is 3. The summed E-state index contributed by atoms with van der Waals surface area (Å²) in [4.78, 5) is 41.7. The number of hydrogen-bond acceptors (Lipinski definition) is 5. The molecule has 0 aliphatic rings. The van der Waals surface area contributed by atoms with Gasteiger partial charge in [0.25, 0.3) is 0 Å². The Balaban J connectivity index is 0.000000413. The van der Waals surface area contributed by atoms with E-state index in [1.54, 1.807) is 0 Å². The third-order valence-electron chi connectivity index (χ3n) is 19.0. The number of carbonyl (C=O) groups is 2. The monoisotopic (exact) mass is 1840 g/mol. The molecular weight excluding hydrogens is 1710 g/mol. The first-order chi connectivity index (χ1) is 50.5. The minimum absolute atomic E-state index is 0. The zero-order chi connectivity index (χ0) is 77.5. The molecule has 0 unspecified atom stereocenters. The van der Waals surface area contributed by atoms with Gasteiger partial charge in [-0.1, -0.05) is 304 Å². The fourth-order valence-corrected chi connectivity index (χ4v) is 11.8. The van der Waals surface area contributed by atoms with Crippen LogP contribution in [0.1, 0.15) is 203 Å². The Morgan fingerprint density at radius 3 is 1.02 bits per heavy atom. The zero-order valence-corrected chi connectivity index (χ0v) is 74.0. The van der Waals surface area contributed by atoms with Crippen molar-refractivity contribution in [3.63, 3.8) is 0 Å². The van der Waals surface area contributed by atoms with Crippen LogP contribution in [0.2, 0.25) is 0 Å². The van der Waals surface area contributed by atoms with Crippen molar-refractivity contribution in [3.05, 3.63) is 279 Å². The number of aryl methyl sites for hydroxylation is 4. The fraction of sp³-hybridized carbons (Fsp3) is 0.350.